The van der Waals surface area contributed by atoms with Crippen molar-refractivity contribution >= 4 is 5.69 Å². The van der Waals surface area contributed by atoms with Gasteiger partial charge in [0.1, 0.15) is 23.2 Å². The van der Waals surface area contributed by atoms with E-state index < -0.39 is 23.5 Å². The SMILES string of the molecule is COc1ccc(F)c(NC(CN)c2cc(F)cc(F)c2)c1. The van der Waals surface area contributed by atoms with Gasteiger partial charge in [-0.15, -0.1) is 0 Å². The average molecular weight is 296 g/mol. The van der Waals surface area contributed by atoms with E-state index in [1.54, 1.807) is 0 Å². The monoisotopic (exact) mass is 296 g/mol. The van der Waals surface area contributed by atoms with E-state index in [4.69, 9.17) is 10.5 Å². The predicted molar refractivity (Wildman–Crippen MR) is 74.7 cm³/mol. The summed E-state index contributed by atoms with van der Waals surface area (Å²) >= 11 is 0. The molecule has 0 aliphatic rings. The van der Waals surface area contributed by atoms with Crippen molar-refractivity contribution in [3.8, 4) is 5.75 Å². The number of hydrogen-bond donors (Lipinski definition) is 2. The molecule has 0 aliphatic heterocycles. The maximum Gasteiger partial charge on any atom is 0.146 e. The zero-order valence-electron chi connectivity index (χ0n) is 11.4. The van der Waals surface area contributed by atoms with Crippen LogP contribution in [0.3, 0.4) is 0 Å². The van der Waals surface area contributed by atoms with Gasteiger partial charge >= 0.3 is 0 Å². The molecule has 0 spiro atoms. The van der Waals surface area contributed by atoms with E-state index in [-0.39, 0.29) is 12.2 Å². The number of hydrogen-bond acceptors (Lipinski definition) is 3. The lowest BCUT2D eigenvalue weighted by molar-refractivity contribution is 0.414. The Labute approximate surface area is 120 Å². The van der Waals surface area contributed by atoms with Crippen LogP contribution in [0.1, 0.15) is 11.6 Å². The van der Waals surface area contributed by atoms with E-state index in [1.165, 1.54) is 25.3 Å². The summed E-state index contributed by atoms with van der Waals surface area (Å²) in [7, 11) is 1.46. The molecule has 21 heavy (non-hydrogen) atoms. The molecule has 0 fully saturated rings. The molecule has 1 unspecified atom stereocenters. The van der Waals surface area contributed by atoms with Crippen molar-refractivity contribution in [2.24, 2.45) is 5.73 Å². The Morgan fingerprint density at radius 1 is 1.10 bits per heavy atom. The third-order valence-electron chi connectivity index (χ3n) is 3.03. The Morgan fingerprint density at radius 3 is 2.33 bits per heavy atom. The molecule has 112 valence electrons. The second-order valence-electron chi connectivity index (χ2n) is 4.48. The second kappa shape index (κ2) is 6.49. The van der Waals surface area contributed by atoms with E-state index in [0.717, 1.165) is 18.2 Å². The first-order chi connectivity index (χ1) is 10.0. The number of nitrogens with one attached hydrogen (secondary N) is 1. The first-order valence-corrected chi connectivity index (χ1v) is 6.29. The third-order valence-corrected chi connectivity index (χ3v) is 3.03. The highest BCUT2D eigenvalue weighted by atomic mass is 19.1. The van der Waals surface area contributed by atoms with Crippen molar-refractivity contribution in [2.75, 3.05) is 19.0 Å². The third kappa shape index (κ3) is 3.66. The Balaban J connectivity index is 2.30. The van der Waals surface area contributed by atoms with Crippen LogP contribution < -0.4 is 15.8 Å². The Morgan fingerprint density at radius 2 is 1.76 bits per heavy atom. The molecule has 2 aromatic rings. The molecule has 0 bridgehead atoms. The molecule has 3 nitrogen and oxygen atoms in total. The fourth-order valence-corrected chi connectivity index (χ4v) is 1.98. The minimum atomic E-state index is -0.712. The van der Waals surface area contributed by atoms with Crippen LogP contribution in [0.5, 0.6) is 5.75 Å². The number of halogens is 3. The van der Waals surface area contributed by atoms with Crippen molar-refractivity contribution in [1.29, 1.82) is 0 Å². The number of benzene rings is 2. The summed E-state index contributed by atoms with van der Waals surface area (Å²) in [6.07, 6.45) is 0. The van der Waals surface area contributed by atoms with Gasteiger partial charge in [-0.2, -0.15) is 0 Å². The van der Waals surface area contributed by atoms with Crippen molar-refractivity contribution in [1.82, 2.24) is 0 Å². The van der Waals surface area contributed by atoms with Gasteiger partial charge in [0.2, 0.25) is 0 Å². The summed E-state index contributed by atoms with van der Waals surface area (Å²) in [5.41, 5.74) is 6.06. The Kier molecular flexibility index (Phi) is 4.70. The standard InChI is InChI=1S/C15H15F3N2O/c1-21-12-2-3-13(18)14(7-12)20-15(8-19)9-4-10(16)6-11(17)5-9/h2-7,15,20H,8,19H2,1H3. The minimum absolute atomic E-state index is 0.0412. The summed E-state index contributed by atoms with van der Waals surface area (Å²) in [5.74, 6) is -1.47. The van der Waals surface area contributed by atoms with Crippen LogP contribution >= 0.6 is 0 Å². The summed E-state index contributed by atoms with van der Waals surface area (Å²) < 4.78 is 45.3. The van der Waals surface area contributed by atoms with E-state index >= 15 is 0 Å². The Hall–Kier alpha value is -2.21. The lowest BCUT2D eigenvalue weighted by atomic mass is 10.1. The molecule has 1 atom stereocenters. The molecule has 3 N–H and O–H groups in total. The molecule has 6 heteroatoms. The van der Waals surface area contributed by atoms with Crippen molar-refractivity contribution in [2.45, 2.75) is 6.04 Å². The maximum atomic E-state index is 13.8. The quantitative estimate of drug-likeness (QED) is 0.890. The van der Waals surface area contributed by atoms with Crippen LogP contribution in [-0.4, -0.2) is 13.7 Å². The number of anilines is 1. The number of nitrogens with two attached hydrogens (primary N) is 1. The zero-order valence-corrected chi connectivity index (χ0v) is 11.4. The molecule has 2 rings (SSSR count). The van der Waals surface area contributed by atoms with Crippen LogP contribution in [0, 0.1) is 17.5 Å². The van der Waals surface area contributed by atoms with Gasteiger partial charge in [-0.3, -0.25) is 0 Å². The average Bonchev–Trinajstić information content (AvgIpc) is 2.45. The van der Waals surface area contributed by atoms with Gasteiger partial charge in [0, 0.05) is 18.7 Å². The fourth-order valence-electron chi connectivity index (χ4n) is 1.98. The molecule has 0 amide bonds. The molecular formula is C15H15F3N2O. The highest BCUT2D eigenvalue weighted by molar-refractivity contribution is 5.51. The van der Waals surface area contributed by atoms with Crippen LogP contribution in [0.15, 0.2) is 36.4 Å². The van der Waals surface area contributed by atoms with E-state index in [1.807, 2.05) is 0 Å². The topological polar surface area (TPSA) is 47.3 Å². The summed E-state index contributed by atoms with van der Waals surface area (Å²) in [6, 6.07) is 6.62. The van der Waals surface area contributed by atoms with Crippen molar-refractivity contribution in [3.63, 3.8) is 0 Å². The highest BCUT2D eigenvalue weighted by Gasteiger charge is 2.14. The van der Waals surface area contributed by atoms with Gasteiger partial charge in [0.15, 0.2) is 0 Å². The molecule has 0 aliphatic carbocycles. The molecular weight excluding hydrogens is 281 g/mol. The summed E-state index contributed by atoms with van der Waals surface area (Å²) in [5, 5.41) is 2.83. The van der Waals surface area contributed by atoms with Gasteiger partial charge in [-0.05, 0) is 29.8 Å². The van der Waals surface area contributed by atoms with Crippen LogP contribution in [0.25, 0.3) is 0 Å². The first-order valence-electron chi connectivity index (χ1n) is 6.29. The van der Waals surface area contributed by atoms with Gasteiger partial charge < -0.3 is 15.8 Å². The number of ether oxygens (including phenoxy) is 1. The second-order valence-corrected chi connectivity index (χ2v) is 4.48. The number of rotatable bonds is 5. The van der Waals surface area contributed by atoms with E-state index in [2.05, 4.69) is 5.32 Å². The fraction of sp³-hybridized carbons (Fsp3) is 0.200. The van der Waals surface area contributed by atoms with E-state index in [0.29, 0.717) is 11.3 Å². The smallest absolute Gasteiger partial charge is 0.146 e. The Bertz CT molecular complexity index is 614. The molecule has 0 saturated carbocycles. The van der Waals surface area contributed by atoms with Crippen LogP contribution in [0.2, 0.25) is 0 Å². The molecule has 0 heterocycles. The first kappa shape index (κ1) is 15.2. The largest absolute Gasteiger partial charge is 0.497 e. The number of methoxy groups -OCH3 is 1. The van der Waals surface area contributed by atoms with Crippen LogP contribution in [-0.2, 0) is 0 Å². The highest BCUT2D eigenvalue weighted by Crippen LogP contribution is 2.26. The lowest BCUT2D eigenvalue weighted by Gasteiger charge is -2.19. The lowest BCUT2D eigenvalue weighted by Crippen LogP contribution is -2.21. The molecule has 0 radical (unpaired) electrons. The van der Waals surface area contributed by atoms with Gasteiger partial charge in [0.25, 0.3) is 0 Å². The minimum Gasteiger partial charge on any atom is -0.497 e. The van der Waals surface area contributed by atoms with Crippen molar-refractivity contribution in [3.05, 3.63) is 59.4 Å². The molecule has 2 aromatic carbocycles. The van der Waals surface area contributed by atoms with Crippen LogP contribution in [0.4, 0.5) is 18.9 Å². The van der Waals surface area contributed by atoms with Gasteiger partial charge in [0.05, 0.1) is 18.8 Å². The van der Waals surface area contributed by atoms with Gasteiger partial charge in [-0.25, -0.2) is 13.2 Å². The molecule has 0 saturated heterocycles. The van der Waals surface area contributed by atoms with E-state index in [9.17, 15) is 13.2 Å². The normalized spacial score (nSPS) is 12.0. The zero-order chi connectivity index (χ0) is 15.4. The predicted octanol–water partition coefficient (Wildman–Crippen LogP) is 3.22. The summed E-state index contributed by atoms with van der Waals surface area (Å²) in [6.45, 7) is 0.0412. The molecule has 0 aromatic heterocycles. The summed E-state index contributed by atoms with van der Waals surface area (Å²) in [4.78, 5) is 0. The maximum absolute atomic E-state index is 13.8. The van der Waals surface area contributed by atoms with Crippen molar-refractivity contribution < 1.29 is 17.9 Å². The van der Waals surface area contributed by atoms with Gasteiger partial charge in [-0.1, -0.05) is 0 Å².